The predicted octanol–water partition coefficient (Wildman–Crippen LogP) is 4.09. The summed E-state index contributed by atoms with van der Waals surface area (Å²) in [5.41, 5.74) is -2.55. The molecule has 1 aromatic heterocycles. The highest BCUT2D eigenvalue weighted by molar-refractivity contribution is 7.91. The number of amides is 4. The van der Waals surface area contributed by atoms with Crippen molar-refractivity contribution in [3.8, 4) is 11.6 Å². The largest absolute Gasteiger partial charge is 0.494 e. The highest BCUT2D eigenvalue weighted by Crippen LogP contribution is 2.48. The van der Waals surface area contributed by atoms with E-state index in [1.807, 2.05) is 43.3 Å². The van der Waals surface area contributed by atoms with Crippen LogP contribution in [0.2, 0.25) is 0 Å². The molecule has 4 fully saturated rings. The number of ether oxygens (including phenoxy) is 4. The maximum atomic E-state index is 14.9. The van der Waals surface area contributed by atoms with Crippen molar-refractivity contribution in [2.24, 2.45) is 17.8 Å². The maximum absolute atomic E-state index is 14.9. The van der Waals surface area contributed by atoms with Crippen LogP contribution in [0, 0.1) is 17.8 Å². The normalized spacial score (nSPS) is 32.9. The average Bonchev–Trinajstić information content (AvgIpc) is 4.10. The minimum atomic E-state index is -4.39. The van der Waals surface area contributed by atoms with Gasteiger partial charge in [0.15, 0.2) is 0 Å². The highest BCUT2D eigenvalue weighted by atomic mass is 32.2. The van der Waals surface area contributed by atoms with Gasteiger partial charge < -0.3 is 34.5 Å². The summed E-state index contributed by atoms with van der Waals surface area (Å²) in [5.74, 6) is -2.24. The van der Waals surface area contributed by atoms with Gasteiger partial charge in [0.1, 0.15) is 46.5 Å². The highest BCUT2D eigenvalue weighted by Gasteiger charge is 2.64. The summed E-state index contributed by atoms with van der Waals surface area (Å²) in [4.78, 5) is 62.9. The second kappa shape index (κ2) is 16.3. The zero-order valence-corrected chi connectivity index (χ0v) is 34.3. The van der Waals surface area contributed by atoms with Crippen LogP contribution in [0.1, 0.15) is 78.6 Å². The van der Waals surface area contributed by atoms with Gasteiger partial charge >= 0.3 is 6.09 Å². The molecule has 7 rings (SSSR count). The van der Waals surface area contributed by atoms with E-state index in [2.05, 4.69) is 27.3 Å². The number of alkyl carbamates (subject to hydrolysis) is 1. The van der Waals surface area contributed by atoms with Crippen molar-refractivity contribution in [3.63, 3.8) is 0 Å². The van der Waals surface area contributed by atoms with E-state index < -0.39 is 86.4 Å². The first-order chi connectivity index (χ1) is 27.6. The number of nitrogens with one attached hydrogen (secondary N) is 3. The number of aromatic nitrogens is 1. The number of carbonyl (C=O) groups is 4. The Morgan fingerprint density at radius 3 is 2.57 bits per heavy atom. The molecule has 0 radical (unpaired) electrons. The van der Waals surface area contributed by atoms with Crippen LogP contribution in [-0.2, 0) is 33.9 Å². The fourth-order valence-electron chi connectivity index (χ4n) is 8.68. The number of carbonyl (C=O) groups excluding carboxylic acids is 4. The van der Waals surface area contributed by atoms with Gasteiger partial charge in [-0.25, -0.2) is 22.6 Å². The molecule has 58 heavy (non-hydrogen) atoms. The molecule has 316 valence electrons. The van der Waals surface area contributed by atoms with Gasteiger partial charge in [0, 0.05) is 29.7 Å². The molecule has 3 N–H and O–H groups in total. The first kappa shape index (κ1) is 41.6. The van der Waals surface area contributed by atoms with Gasteiger partial charge in [-0.1, -0.05) is 44.2 Å². The van der Waals surface area contributed by atoms with Gasteiger partial charge in [-0.05, 0) is 76.2 Å². The topological polar surface area (TPSA) is 192 Å². The lowest BCUT2D eigenvalue weighted by molar-refractivity contribution is -0.142. The van der Waals surface area contributed by atoms with Crippen molar-refractivity contribution in [1.29, 1.82) is 0 Å². The minimum absolute atomic E-state index is 0.0154. The molecule has 3 aliphatic heterocycles. The third kappa shape index (κ3) is 8.34. The van der Waals surface area contributed by atoms with E-state index in [4.69, 9.17) is 18.9 Å². The van der Waals surface area contributed by atoms with E-state index in [1.165, 1.54) is 18.2 Å². The van der Waals surface area contributed by atoms with Gasteiger partial charge in [0.25, 0.3) is 5.91 Å². The standard InChI is InChI=1S/C41H54FN5O10S/c1-25-10-5-6-11-27-20-41(27,37(50)46-58(52,53)40(23-42)15-16-40)45-34(48)31-19-28(56-35-30-13-8-7-12-29(30)32(54-4)21-43-35)22-47(31)36(49)33(26(2)18-25)44-38(51)57-39(3)14-9-17-55-24-39/h6-8,11-13,21,25-28,31,33H,5,9-10,14-20,22-24H2,1-4H3,(H,44,51)(H,45,48)(H,46,50)/b11-6-/t25-,26+,27+,28+,31-,33?,39?,41+/m0/s1. The smallest absolute Gasteiger partial charge is 0.408 e. The van der Waals surface area contributed by atoms with Crippen molar-refractivity contribution < 1.29 is 50.9 Å². The molecule has 17 heteroatoms. The molecular weight excluding hydrogens is 774 g/mol. The zero-order chi connectivity index (χ0) is 41.5. The van der Waals surface area contributed by atoms with Crippen molar-refractivity contribution in [2.75, 3.05) is 33.5 Å². The van der Waals surface area contributed by atoms with Gasteiger partial charge in [-0.3, -0.25) is 19.1 Å². The molecular formula is C41H54FN5O10S. The van der Waals surface area contributed by atoms with Crippen LogP contribution in [0.15, 0.2) is 42.6 Å². The molecule has 15 nitrogen and oxygen atoms in total. The van der Waals surface area contributed by atoms with Gasteiger partial charge in [0.05, 0.1) is 26.5 Å². The summed E-state index contributed by atoms with van der Waals surface area (Å²) in [5, 5.41) is 7.08. The number of hydrogen-bond donors (Lipinski definition) is 3. The molecule has 5 aliphatic rings. The number of fused-ring (bicyclic) bond motifs is 3. The number of nitrogens with zero attached hydrogens (tertiary/aromatic N) is 2. The fourth-order valence-corrected chi connectivity index (χ4v) is 10.1. The SMILES string of the molecule is COc1cnc(O[C@@H]2C[C@H]3C(=O)N[C@]4(C(=O)NS(=O)(=O)C5(CF)CC5)C[C@H]4/C=C\CC[C@H](C)C[C@@H](C)C(NC(=O)OC4(C)CCCOC4)C(=O)N3C2)c2ccccc12. The van der Waals surface area contributed by atoms with E-state index in [9.17, 15) is 32.0 Å². The Balaban J connectivity index is 1.21. The summed E-state index contributed by atoms with van der Waals surface area (Å²) in [6.07, 6.45) is 7.16. The number of alkyl halides is 1. The van der Waals surface area contributed by atoms with Crippen LogP contribution in [0.25, 0.3) is 10.8 Å². The third-order valence-electron chi connectivity index (χ3n) is 12.5. The number of benzene rings is 1. The molecule has 2 saturated carbocycles. The quantitative estimate of drug-likeness (QED) is 0.309. The third-order valence-corrected chi connectivity index (χ3v) is 14.6. The molecule has 1 aromatic carbocycles. The molecule has 2 aromatic rings. The number of allylic oxidation sites excluding steroid dienone is 1. The van der Waals surface area contributed by atoms with Crippen LogP contribution < -0.4 is 24.8 Å². The van der Waals surface area contributed by atoms with E-state index in [0.717, 1.165) is 11.8 Å². The lowest BCUT2D eigenvalue weighted by atomic mass is 9.88. The lowest BCUT2D eigenvalue weighted by Crippen LogP contribution is -2.59. The molecule has 4 heterocycles. The van der Waals surface area contributed by atoms with Gasteiger partial charge in [-0.2, -0.15) is 0 Å². The van der Waals surface area contributed by atoms with Gasteiger partial charge in [0.2, 0.25) is 27.7 Å². The average molecular weight is 828 g/mol. The van der Waals surface area contributed by atoms with Gasteiger partial charge in [-0.15, -0.1) is 0 Å². The fraction of sp³-hybridized carbons (Fsp3) is 0.634. The summed E-state index contributed by atoms with van der Waals surface area (Å²) >= 11 is 0. The molecule has 2 unspecified atom stereocenters. The van der Waals surface area contributed by atoms with Crippen LogP contribution in [0.5, 0.6) is 11.6 Å². The first-order valence-electron chi connectivity index (χ1n) is 20.2. The number of pyridine rings is 1. The molecule has 2 saturated heterocycles. The monoisotopic (exact) mass is 827 g/mol. The first-order valence-corrected chi connectivity index (χ1v) is 21.7. The Morgan fingerprint density at radius 2 is 1.88 bits per heavy atom. The Hall–Kier alpha value is -4.51. The van der Waals surface area contributed by atoms with Crippen LogP contribution >= 0.6 is 0 Å². The van der Waals surface area contributed by atoms with Crippen molar-refractivity contribution in [3.05, 3.63) is 42.6 Å². The zero-order valence-electron chi connectivity index (χ0n) is 33.5. The van der Waals surface area contributed by atoms with Crippen LogP contribution in [0.3, 0.4) is 0 Å². The van der Waals surface area contributed by atoms with Crippen LogP contribution in [-0.4, -0.2) is 110 Å². The van der Waals surface area contributed by atoms with Crippen molar-refractivity contribution in [1.82, 2.24) is 25.2 Å². The summed E-state index contributed by atoms with van der Waals surface area (Å²) < 4.78 is 64.2. The van der Waals surface area contributed by atoms with E-state index in [0.29, 0.717) is 43.4 Å². The lowest BCUT2D eigenvalue weighted by Gasteiger charge is -2.35. The summed E-state index contributed by atoms with van der Waals surface area (Å²) in [6, 6.07) is 5.06. The maximum Gasteiger partial charge on any atom is 0.408 e. The number of methoxy groups -OCH3 is 1. The number of halogens is 1. The number of sulfonamides is 1. The Kier molecular flexibility index (Phi) is 11.7. The molecule has 2 aliphatic carbocycles. The summed E-state index contributed by atoms with van der Waals surface area (Å²) in [6.45, 7) is 5.29. The minimum Gasteiger partial charge on any atom is -0.494 e. The Morgan fingerprint density at radius 1 is 1.12 bits per heavy atom. The number of rotatable bonds is 9. The van der Waals surface area contributed by atoms with Crippen molar-refractivity contribution >= 4 is 44.6 Å². The predicted molar refractivity (Wildman–Crippen MR) is 210 cm³/mol. The van der Waals surface area contributed by atoms with E-state index in [-0.39, 0.29) is 50.6 Å². The van der Waals surface area contributed by atoms with E-state index in [1.54, 1.807) is 6.92 Å². The molecule has 0 spiro atoms. The number of hydrogen-bond acceptors (Lipinski definition) is 11. The van der Waals surface area contributed by atoms with Crippen molar-refractivity contribution in [2.45, 2.75) is 113 Å². The molecule has 0 bridgehead atoms. The molecule has 8 atom stereocenters. The Labute approximate surface area is 338 Å². The second-order valence-corrected chi connectivity index (χ2v) is 19.2. The van der Waals surface area contributed by atoms with Crippen LogP contribution in [0.4, 0.5) is 9.18 Å². The molecule has 4 amide bonds. The second-order valence-electron chi connectivity index (χ2n) is 17.1. The summed E-state index contributed by atoms with van der Waals surface area (Å²) in [7, 11) is -2.86. The van der Waals surface area contributed by atoms with E-state index >= 15 is 0 Å². The Bertz CT molecular complexity index is 2060.